The van der Waals surface area contributed by atoms with Crippen LogP contribution in [0.1, 0.15) is 37.8 Å². The topological polar surface area (TPSA) is 83.6 Å². The van der Waals surface area contributed by atoms with Crippen LogP contribution in [0.25, 0.3) is 11.5 Å². The molecular formula is C19H21FN2O4. The number of oxazole rings is 1. The van der Waals surface area contributed by atoms with Crippen LogP contribution in [0.4, 0.5) is 4.39 Å². The first kappa shape index (κ1) is 18.1. The highest BCUT2D eigenvalue weighted by molar-refractivity contribution is 5.79. The van der Waals surface area contributed by atoms with E-state index in [1.807, 2.05) is 0 Å². The van der Waals surface area contributed by atoms with Crippen LogP contribution in [0.2, 0.25) is 0 Å². The van der Waals surface area contributed by atoms with Crippen molar-refractivity contribution in [3.05, 3.63) is 42.0 Å². The van der Waals surface area contributed by atoms with E-state index in [0.29, 0.717) is 30.1 Å². The predicted octanol–water partition coefficient (Wildman–Crippen LogP) is 3.27. The van der Waals surface area contributed by atoms with Gasteiger partial charge in [0.1, 0.15) is 12.1 Å². The van der Waals surface area contributed by atoms with E-state index in [4.69, 9.17) is 9.52 Å². The molecule has 2 aromatic rings. The monoisotopic (exact) mass is 360 g/mol. The number of carbonyl (C=O) groups excluding carboxylic acids is 1. The first-order chi connectivity index (χ1) is 12.5. The summed E-state index contributed by atoms with van der Waals surface area (Å²) in [5.41, 5.74) is 1.15. The van der Waals surface area contributed by atoms with Crippen LogP contribution in [0.3, 0.4) is 0 Å². The summed E-state index contributed by atoms with van der Waals surface area (Å²) >= 11 is 0. The Hall–Kier alpha value is -2.70. The molecule has 1 unspecified atom stereocenters. The van der Waals surface area contributed by atoms with Gasteiger partial charge in [0.15, 0.2) is 0 Å². The van der Waals surface area contributed by atoms with Crippen LogP contribution >= 0.6 is 0 Å². The molecule has 6 nitrogen and oxygen atoms in total. The Labute approximate surface area is 150 Å². The zero-order valence-electron chi connectivity index (χ0n) is 14.4. The fourth-order valence-electron chi connectivity index (χ4n) is 3.29. The van der Waals surface area contributed by atoms with Gasteiger partial charge in [0.25, 0.3) is 0 Å². The molecule has 138 valence electrons. The van der Waals surface area contributed by atoms with Crippen LogP contribution in [0.15, 0.2) is 34.9 Å². The molecule has 1 fully saturated rings. The molecule has 7 heteroatoms. The van der Waals surface area contributed by atoms with E-state index in [9.17, 15) is 14.0 Å². The number of benzene rings is 1. The molecule has 0 radical (unpaired) electrons. The molecule has 0 aliphatic carbocycles. The smallest absolute Gasteiger partial charge is 0.303 e. The lowest BCUT2D eigenvalue weighted by Crippen LogP contribution is -2.44. The average Bonchev–Trinajstić information content (AvgIpc) is 3.09. The molecule has 1 amide bonds. The number of amides is 1. The number of carboxylic acid groups (broad SMARTS) is 1. The number of piperidine rings is 1. The van der Waals surface area contributed by atoms with Crippen molar-refractivity contribution >= 4 is 11.9 Å². The van der Waals surface area contributed by atoms with Gasteiger partial charge in [-0.3, -0.25) is 9.59 Å². The van der Waals surface area contributed by atoms with E-state index in [0.717, 1.165) is 19.3 Å². The molecule has 26 heavy (non-hydrogen) atoms. The maximum absolute atomic E-state index is 13.0. The average molecular weight is 360 g/mol. The van der Waals surface area contributed by atoms with Gasteiger partial charge < -0.3 is 14.4 Å². The summed E-state index contributed by atoms with van der Waals surface area (Å²) in [4.78, 5) is 29.6. The molecule has 1 aliphatic heterocycles. The quantitative estimate of drug-likeness (QED) is 0.855. The van der Waals surface area contributed by atoms with Crippen LogP contribution in [-0.4, -0.2) is 39.5 Å². The van der Waals surface area contributed by atoms with E-state index < -0.39 is 5.97 Å². The third-order valence-electron chi connectivity index (χ3n) is 4.61. The maximum Gasteiger partial charge on any atom is 0.303 e. The molecule has 1 N–H and O–H groups in total. The minimum atomic E-state index is -0.844. The Morgan fingerprint density at radius 1 is 1.27 bits per heavy atom. The number of nitrogens with zero attached hydrogens (tertiary/aromatic N) is 2. The third kappa shape index (κ3) is 4.47. The standard InChI is InChI=1S/C19H21FN2O4/c20-14-6-4-13(5-7-14)19-21-15(12-26-19)11-17(23)22-10-2-1-3-16(22)8-9-18(24)25/h4-7,12,16H,1-3,8-11H2,(H,24,25). The Bertz CT molecular complexity index is 772. The summed E-state index contributed by atoms with van der Waals surface area (Å²) in [5, 5.41) is 8.88. The van der Waals surface area contributed by atoms with Crippen LogP contribution < -0.4 is 0 Å². The molecule has 1 aliphatic rings. The normalized spacial score (nSPS) is 17.3. The lowest BCUT2D eigenvalue weighted by molar-refractivity contribution is -0.139. The second kappa shape index (κ2) is 8.12. The lowest BCUT2D eigenvalue weighted by atomic mass is 9.97. The molecule has 3 rings (SSSR count). The number of hydrogen-bond donors (Lipinski definition) is 1. The van der Waals surface area contributed by atoms with Gasteiger partial charge in [-0.15, -0.1) is 0 Å². The van der Waals surface area contributed by atoms with Gasteiger partial charge in [-0.05, 0) is 49.9 Å². The minimum absolute atomic E-state index is 0.0316. The van der Waals surface area contributed by atoms with Gasteiger partial charge in [0.2, 0.25) is 11.8 Å². The van der Waals surface area contributed by atoms with Gasteiger partial charge >= 0.3 is 5.97 Å². The maximum atomic E-state index is 13.0. The number of aliphatic carboxylic acids is 1. The van der Waals surface area contributed by atoms with Crippen molar-refractivity contribution in [3.8, 4) is 11.5 Å². The van der Waals surface area contributed by atoms with Gasteiger partial charge in [0, 0.05) is 24.6 Å². The van der Waals surface area contributed by atoms with E-state index in [1.54, 1.807) is 17.0 Å². The Morgan fingerprint density at radius 2 is 2.04 bits per heavy atom. The molecule has 1 aromatic carbocycles. The van der Waals surface area contributed by atoms with Crippen LogP contribution in [0, 0.1) is 5.82 Å². The number of carbonyl (C=O) groups is 2. The summed E-state index contributed by atoms with van der Waals surface area (Å²) in [6.07, 6.45) is 4.84. The molecule has 0 spiro atoms. The Balaban J connectivity index is 1.65. The first-order valence-electron chi connectivity index (χ1n) is 8.74. The second-order valence-electron chi connectivity index (χ2n) is 6.50. The molecule has 1 atom stereocenters. The van der Waals surface area contributed by atoms with Crippen molar-refractivity contribution in [2.75, 3.05) is 6.54 Å². The number of halogens is 1. The number of rotatable bonds is 6. The molecule has 0 bridgehead atoms. The van der Waals surface area contributed by atoms with Crippen molar-refractivity contribution in [3.63, 3.8) is 0 Å². The molecule has 1 aromatic heterocycles. The summed E-state index contributed by atoms with van der Waals surface area (Å²) in [7, 11) is 0. The van der Waals surface area contributed by atoms with Crippen molar-refractivity contribution in [2.24, 2.45) is 0 Å². The van der Waals surface area contributed by atoms with E-state index in [1.165, 1.54) is 18.4 Å². The SMILES string of the molecule is O=C(O)CCC1CCCCN1C(=O)Cc1coc(-c2ccc(F)cc2)n1. The van der Waals surface area contributed by atoms with Gasteiger partial charge in [0.05, 0.1) is 12.1 Å². The van der Waals surface area contributed by atoms with E-state index in [-0.39, 0.29) is 30.6 Å². The summed E-state index contributed by atoms with van der Waals surface area (Å²) in [6, 6.07) is 5.76. The number of aromatic nitrogens is 1. The summed E-state index contributed by atoms with van der Waals surface area (Å²) in [6.45, 7) is 0.645. The Kier molecular flexibility index (Phi) is 5.65. The lowest BCUT2D eigenvalue weighted by Gasteiger charge is -2.35. The third-order valence-corrected chi connectivity index (χ3v) is 4.61. The zero-order chi connectivity index (χ0) is 18.5. The fourth-order valence-corrected chi connectivity index (χ4v) is 3.29. The molecular weight excluding hydrogens is 339 g/mol. The van der Waals surface area contributed by atoms with Crippen molar-refractivity contribution < 1.29 is 23.5 Å². The molecule has 1 saturated heterocycles. The van der Waals surface area contributed by atoms with Crippen LogP contribution in [-0.2, 0) is 16.0 Å². The van der Waals surface area contributed by atoms with Crippen molar-refractivity contribution in [1.82, 2.24) is 9.88 Å². The summed E-state index contributed by atoms with van der Waals surface area (Å²) in [5.74, 6) is -0.912. The van der Waals surface area contributed by atoms with Crippen LogP contribution in [0.5, 0.6) is 0 Å². The van der Waals surface area contributed by atoms with Crippen molar-refractivity contribution in [2.45, 2.75) is 44.6 Å². The van der Waals surface area contributed by atoms with E-state index >= 15 is 0 Å². The minimum Gasteiger partial charge on any atom is -0.481 e. The van der Waals surface area contributed by atoms with E-state index in [2.05, 4.69) is 4.98 Å². The number of likely N-dealkylation sites (tertiary alicyclic amines) is 1. The highest BCUT2D eigenvalue weighted by Crippen LogP contribution is 2.23. The molecule has 0 saturated carbocycles. The van der Waals surface area contributed by atoms with Gasteiger partial charge in [-0.1, -0.05) is 0 Å². The predicted molar refractivity (Wildman–Crippen MR) is 91.8 cm³/mol. The fraction of sp³-hybridized carbons (Fsp3) is 0.421. The highest BCUT2D eigenvalue weighted by Gasteiger charge is 2.27. The van der Waals surface area contributed by atoms with Gasteiger partial charge in [-0.2, -0.15) is 0 Å². The number of hydrogen-bond acceptors (Lipinski definition) is 4. The van der Waals surface area contributed by atoms with Gasteiger partial charge in [-0.25, -0.2) is 9.37 Å². The molecule has 2 heterocycles. The second-order valence-corrected chi connectivity index (χ2v) is 6.50. The largest absolute Gasteiger partial charge is 0.481 e. The Morgan fingerprint density at radius 3 is 2.77 bits per heavy atom. The van der Waals surface area contributed by atoms with Crippen molar-refractivity contribution in [1.29, 1.82) is 0 Å². The highest BCUT2D eigenvalue weighted by atomic mass is 19.1. The summed E-state index contributed by atoms with van der Waals surface area (Å²) < 4.78 is 18.4. The zero-order valence-corrected chi connectivity index (χ0v) is 14.4. The first-order valence-corrected chi connectivity index (χ1v) is 8.74. The number of carboxylic acids is 1.